The number of carbonyl (C=O) groups excluding carboxylic acids is 2. The smallest absolute Gasteiger partial charge is 0.273 e. The third kappa shape index (κ3) is 6.47. The van der Waals surface area contributed by atoms with Gasteiger partial charge in [0.25, 0.3) is 5.91 Å². The number of nitrogens with one attached hydrogen (secondary N) is 1. The second-order valence-corrected chi connectivity index (χ2v) is 8.30. The predicted molar refractivity (Wildman–Crippen MR) is 117 cm³/mol. The molecule has 172 valence electrons. The topological polar surface area (TPSA) is 116 Å². The first kappa shape index (κ1) is 22.6. The standard InChI is InChI=1S/C23H26FN7O2/c1-25-23(33)22-14-31(30-29-22)13-17(24)4-5-18-6-7-19(28-27-18)11-21(32)12-20-10-16(8-9-26-20)15-2-3-15/h6-10,14-15,17H,2-5,11-13H2,1H3,(H,25,33)/t17-/m1/s1. The lowest BCUT2D eigenvalue weighted by Crippen LogP contribution is -2.18. The van der Waals surface area contributed by atoms with Gasteiger partial charge in [0.1, 0.15) is 12.0 Å². The van der Waals surface area contributed by atoms with Crippen LogP contribution in [0.25, 0.3) is 0 Å². The highest BCUT2D eigenvalue weighted by atomic mass is 19.1. The van der Waals surface area contributed by atoms with E-state index in [-0.39, 0.29) is 43.2 Å². The van der Waals surface area contributed by atoms with Gasteiger partial charge in [0.05, 0.1) is 30.6 Å². The zero-order valence-corrected chi connectivity index (χ0v) is 18.4. The zero-order valence-electron chi connectivity index (χ0n) is 18.4. The lowest BCUT2D eigenvalue weighted by atomic mass is 10.1. The van der Waals surface area contributed by atoms with Gasteiger partial charge in [-0.1, -0.05) is 5.21 Å². The normalized spacial score (nSPS) is 14.1. The van der Waals surface area contributed by atoms with Crippen molar-refractivity contribution in [3.8, 4) is 0 Å². The SMILES string of the molecule is CNC(=O)c1cn(C[C@H](F)CCc2ccc(CC(=O)Cc3cc(C4CC4)ccn3)nn2)nn1. The summed E-state index contributed by atoms with van der Waals surface area (Å²) in [6.45, 7) is -0.00000924. The second kappa shape index (κ2) is 10.4. The Kier molecular flexibility index (Phi) is 7.11. The Labute approximate surface area is 190 Å². The minimum absolute atomic E-state index is 0.00000924. The largest absolute Gasteiger partial charge is 0.354 e. The molecular weight excluding hydrogens is 425 g/mol. The van der Waals surface area contributed by atoms with Crippen molar-refractivity contribution in [1.29, 1.82) is 0 Å². The van der Waals surface area contributed by atoms with E-state index in [0.717, 1.165) is 5.69 Å². The molecule has 10 heteroatoms. The zero-order chi connectivity index (χ0) is 23.2. The molecule has 0 bridgehead atoms. The van der Waals surface area contributed by atoms with Crippen molar-refractivity contribution in [3.63, 3.8) is 0 Å². The Bertz CT molecular complexity index is 1110. The molecule has 3 aromatic rings. The van der Waals surface area contributed by atoms with Crippen LogP contribution < -0.4 is 5.32 Å². The van der Waals surface area contributed by atoms with Gasteiger partial charge in [-0.15, -0.1) is 5.10 Å². The summed E-state index contributed by atoms with van der Waals surface area (Å²) in [5.41, 5.74) is 3.43. The number of nitrogens with zero attached hydrogens (tertiary/aromatic N) is 6. The molecule has 1 atom stereocenters. The minimum atomic E-state index is -1.17. The average molecular weight is 452 g/mol. The van der Waals surface area contributed by atoms with E-state index in [2.05, 4.69) is 30.8 Å². The number of hydrogen-bond acceptors (Lipinski definition) is 7. The molecule has 0 spiro atoms. The fourth-order valence-electron chi connectivity index (χ4n) is 3.56. The van der Waals surface area contributed by atoms with Gasteiger partial charge in [0.15, 0.2) is 5.69 Å². The summed E-state index contributed by atoms with van der Waals surface area (Å²) >= 11 is 0. The van der Waals surface area contributed by atoms with Crippen LogP contribution in [0.3, 0.4) is 0 Å². The Morgan fingerprint density at radius 3 is 2.61 bits per heavy atom. The molecule has 1 aliphatic carbocycles. The number of aromatic nitrogens is 6. The maximum Gasteiger partial charge on any atom is 0.273 e. The van der Waals surface area contributed by atoms with Gasteiger partial charge in [-0.05, 0) is 61.4 Å². The van der Waals surface area contributed by atoms with Crippen molar-refractivity contribution in [2.75, 3.05) is 7.05 Å². The van der Waals surface area contributed by atoms with Gasteiger partial charge in [0, 0.05) is 25.4 Å². The van der Waals surface area contributed by atoms with Gasteiger partial charge in [-0.3, -0.25) is 14.6 Å². The molecule has 3 heterocycles. The maximum absolute atomic E-state index is 14.3. The Hall–Kier alpha value is -3.56. The van der Waals surface area contributed by atoms with E-state index in [1.165, 1.54) is 36.3 Å². The Balaban J connectivity index is 1.22. The van der Waals surface area contributed by atoms with Crippen LogP contribution in [-0.2, 0) is 30.6 Å². The lowest BCUT2D eigenvalue weighted by Gasteiger charge is -2.07. The van der Waals surface area contributed by atoms with E-state index in [0.29, 0.717) is 23.7 Å². The second-order valence-electron chi connectivity index (χ2n) is 8.30. The number of alkyl halides is 1. The third-order valence-electron chi connectivity index (χ3n) is 5.52. The van der Waals surface area contributed by atoms with Crippen LogP contribution in [0.15, 0.2) is 36.7 Å². The number of halogens is 1. The highest BCUT2D eigenvalue weighted by Crippen LogP contribution is 2.39. The summed E-state index contributed by atoms with van der Waals surface area (Å²) in [5.74, 6) is 0.291. The van der Waals surface area contributed by atoms with Crippen molar-refractivity contribution in [3.05, 3.63) is 65.0 Å². The van der Waals surface area contributed by atoms with Crippen LogP contribution in [0.1, 0.15) is 58.3 Å². The van der Waals surface area contributed by atoms with Crippen molar-refractivity contribution < 1.29 is 14.0 Å². The van der Waals surface area contributed by atoms with Crippen LogP contribution in [0.4, 0.5) is 4.39 Å². The summed E-state index contributed by atoms with van der Waals surface area (Å²) in [5, 5.41) is 18.2. The van der Waals surface area contributed by atoms with Crippen molar-refractivity contribution in [2.45, 2.75) is 57.2 Å². The number of amides is 1. The van der Waals surface area contributed by atoms with Gasteiger partial charge in [-0.2, -0.15) is 10.2 Å². The van der Waals surface area contributed by atoms with Gasteiger partial charge in [0.2, 0.25) is 0 Å². The molecule has 0 aliphatic heterocycles. The molecule has 33 heavy (non-hydrogen) atoms. The Morgan fingerprint density at radius 2 is 1.88 bits per heavy atom. The number of ketones is 1. The summed E-state index contributed by atoms with van der Waals surface area (Å²) in [6, 6.07) is 7.57. The number of hydrogen-bond donors (Lipinski definition) is 1. The average Bonchev–Trinajstić information content (AvgIpc) is 3.57. The predicted octanol–water partition coefficient (Wildman–Crippen LogP) is 2.03. The summed E-state index contributed by atoms with van der Waals surface area (Å²) in [4.78, 5) is 28.2. The molecule has 0 radical (unpaired) electrons. The first-order valence-corrected chi connectivity index (χ1v) is 11.0. The minimum Gasteiger partial charge on any atom is -0.354 e. The van der Waals surface area contributed by atoms with Crippen LogP contribution in [-0.4, -0.2) is 55.1 Å². The van der Waals surface area contributed by atoms with Crippen LogP contribution >= 0.6 is 0 Å². The van der Waals surface area contributed by atoms with E-state index < -0.39 is 6.17 Å². The third-order valence-corrected chi connectivity index (χ3v) is 5.52. The molecular formula is C23H26FN7O2. The molecule has 0 unspecified atom stereocenters. The van der Waals surface area contributed by atoms with Crippen molar-refractivity contribution in [2.24, 2.45) is 0 Å². The molecule has 1 saturated carbocycles. The molecule has 4 rings (SSSR count). The first-order valence-electron chi connectivity index (χ1n) is 11.0. The molecule has 1 aliphatic rings. The van der Waals surface area contributed by atoms with E-state index in [4.69, 9.17) is 0 Å². The molecule has 0 saturated heterocycles. The monoisotopic (exact) mass is 451 g/mol. The molecule has 1 amide bonds. The molecule has 1 N–H and O–H groups in total. The van der Waals surface area contributed by atoms with Gasteiger partial charge < -0.3 is 5.32 Å². The van der Waals surface area contributed by atoms with Crippen molar-refractivity contribution in [1.82, 2.24) is 35.5 Å². The maximum atomic E-state index is 14.3. The van der Waals surface area contributed by atoms with Gasteiger partial charge in [-0.25, -0.2) is 9.07 Å². The van der Waals surface area contributed by atoms with Crippen LogP contribution in [0.5, 0.6) is 0 Å². The van der Waals surface area contributed by atoms with Gasteiger partial charge >= 0.3 is 0 Å². The summed E-state index contributed by atoms with van der Waals surface area (Å²) in [7, 11) is 1.49. The number of carbonyl (C=O) groups is 2. The van der Waals surface area contributed by atoms with Crippen molar-refractivity contribution >= 4 is 11.7 Å². The van der Waals surface area contributed by atoms with E-state index in [9.17, 15) is 14.0 Å². The van der Waals surface area contributed by atoms with Crippen LogP contribution in [0.2, 0.25) is 0 Å². The number of rotatable bonds is 11. The molecule has 9 nitrogen and oxygen atoms in total. The highest BCUT2D eigenvalue weighted by molar-refractivity contribution is 5.91. The summed E-state index contributed by atoms with van der Waals surface area (Å²) < 4.78 is 15.6. The number of pyridine rings is 1. The summed E-state index contributed by atoms with van der Waals surface area (Å²) in [6.07, 6.45) is 5.52. The quantitative estimate of drug-likeness (QED) is 0.474. The van der Waals surface area contributed by atoms with E-state index in [1.54, 1.807) is 18.3 Å². The number of aryl methyl sites for hydroxylation is 1. The molecule has 3 aromatic heterocycles. The molecule has 1 fully saturated rings. The first-order chi connectivity index (χ1) is 16.0. The Morgan fingerprint density at radius 1 is 1.12 bits per heavy atom. The lowest BCUT2D eigenvalue weighted by molar-refractivity contribution is -0.117. The number of Topliss-reactive ketones (excluding diaryl/α,β-unsaturated/α-hetero) is 1. The fourth-order valence-corrected chi connectivity index (χ4v) is 3.56. The van der Waals surface area contributed by atoms with E-state index in [1.807, 2.05) is 12.1 Å². The van der Waals surface area contributed by atoms with E-state index >= 15 is 0 Å². The molecule has 0 aromatic carbocycles. The van der Waals surface area contributed by atoms with Crippen LogP contribution in [0, 0.1) is 0 Å². The highest BCUT2D eigenvalue weighted by Gasteiger charge is 2.23. The fraction of sp³-hybridized carbons (Fsp3) is 0.435.